The number of hydrogen-bond donors (Lipinski definition) is 3. The van der Waals surface area contributed by atoms with Crippen LogP contribution in [0.3, 0.4) is 0 Å². The average Bonchev–Trinajstić information content (AvgIpc) is 2.96. The predicted molar refractivity (Wildman–Crippen MR) is 73.8 cm³/mol. The quantitative estimate of drug-likeness (QED) is 0.726. The van der Waals surface area contributed by atoms with E-state index in [-0.39, 0.29) is 5.91 Å². The molecule has 100 valence electrons. The van der Waals surface area contributed by atoms with Crippen LogP contribution in [0.4, 0.5) is 0 Å². The van der Waals surface area contributed by atoms with Crippen LogP contribution in [0.25, 0.3) is 0 Å². The number of rotatable bonds is 6. The topological polar surface area (TPSA) is 69.8 Å². The molecule has 0 radical (unpaired) electrons. The molecule has 0 atom stereocenters. The standard InChI is InChI=1S/C14H18N4O/c1-15-7-6-11-4-2-3-5-13(11)14(19)17-9-12-8-16-10-18-12/h2-5,8,10,15H,6-7,9H2,1H3,(H,16,18)(H,17,19). The highest BCUT2D eigenvalue weighted by Gasteiger charge is 2.10. The van der Waals surface area contributed by atoms with E-state index in [1.165, 1.54) is 0 Å². The van der Waals surface area contributed by atoms with Crippen molar-refractivity contribution in [3.63, 3.8) is 0 Å². The van der Waals surface area contributed by atoms with Gasteiger partial charge in [-0.2, -0.15) is 0 Å². The van der Waals surface area contributed by atoms with E-state index < -0.39 is 0 Å². The maximum atomic E-state index is 12.2. The van der Waals surface area contributed by atoms with Gasteiger partial charge >= 0.3 is 0 Å². The Labute approximate surface area is 112 Å². The van der Waals surface area contributed by atoms with Crippen LogP contribution in [0.5, 0.6) is 0 Å². The summed E-state index contributed by atoms with van der Waals surface area (Å²) in [6.07, 6.45) is 4.14. The van der Waals surface area contributed by atoms with Crippen LogP contribution >= 0.6 is 0 Å². The molecule has 2 aromatic rings. The maximum absolute atomic E-state index is 12.2. The molecule has 0 aliphatic heterocycles. The van der Waals surface area contributed by atoms with Crippen LogP contribution in [0.15, 0.2) is 36.8 Å². The summed E-state index contributed by atoms with van der Waals surface area (Å²) in [6.45, 7) is 1.31. The number of carbonyl (C=O) groups excluding carboxylic acids is 1. The molecule has 19 heavy (non-hydrogen) atoms. The molecular weight excluding hydrogens is 240 g/mol. The second kappa shape index (κ2) is 6.70. The fourth-order valence-corrected chi connectivity index (χ4v) is 1.87. The SMILES string of the molecule is CNCCc1ccccc1C(=O)NCc1cnc[nH]1. The van der Waals surface area contributed by atoms with Crippen LogP contribution in [0.1, 0.15) is 21.6 Å². The zero-order valence-corrected chi connectivity index (χ0v) is 10.9. The Balaban J connectivity index is 2.01. The van der Waals surface area contributed by atoms with E-state index >= 15 is 0 Å². The highest BCUT2D eigenvalue weighted by molar-refractivity contribution is 5.95. The molecule has 3 N–H and O–H groups in total. The zero-order valence-electron chi connectivity index (χ0n) is 10.9. The van der Waals surface area contributed by atoms with E-state index in [1.807, 2.05) is 31.3 Å². The van der Waals surface area contributed by atoms with Crippen LogP contribution < -0.4 is 10.6 Å². The lowest BCUT2D eigenvalue weighted by Gasteiger charge is -2.09. The van der Waals surface area contributed by atoms with Crippen LogP contribution in [-0.2, 0) is 13.0 Å². The number of aromatic nitrogens is 2. The third-order valence-electron chi connectivity index (χ3n) is 2.90. The monoisotopic (exact) mass is 258 g/mol. The molecule has 1 amide bonds. The van der Waals surface area contributed by atoms with Crippen molar-refractivity contribution in [2.45, 2.75) is 13.0 Å². The second-order valence-electron chi connectivity index (χ2n) is 4.27. The molecule has 1 aromatic carbocycles. The lowest BCUT2D eigenvalue weighted by atomic mass is 10.0. The van der Waals surface area contributed by atoms with Gasteiger partial charge in [0.25, 0.3) is 5.91 Å². The fraction of sp³-hybridized carbons (Fsp3) is 0.286. The number of nitrogens with one attached hydrogen (secondary N) is 3. The van der Waals surface area contributed by atoms with Gasteiger partial charge in [-0.3, -0.25) is 4.79 Å². The minimum Gasteiger partial charge on any atom is -0.347 e. The van der Waals surface area contributed by atoms with Gasteiger partial charge in [-0.15, -0.1) is 0 Å². The Hall–Kier alpha value is -2.14. The van der Waals surface area contributed by atoms with Gasteiger partial charge in [-0.25, -0.2) is 4.98 Å². The molecule has 0 saturated carbocycles. The lowest BCUT2D eigenvalue weighted by Crippen LogP contribution is -2.24. The van der Waals surface area contributed by atoms with Crippen molar-refractivity contribution in [1.82, 2.24) is 20.6 Å². The summed E-state index contributed by atoms with van der Waals surface area (Å²) in [5, 5.41) is 5.98. The number of hydrogen-bond acceptors (Lipinski definition) is 3. The Morgan fingerprint density at radius 2 is 2.21 bits per heavy atom. The molecule has 0 bridgehead atoms. The maximum Gasteiger partial charge on any atom is 0.251 e. The number of likely N-dealkylation sites (N-methyl/N-ethyl adjacent to an activating group) is 1. The number of aromatic amines is 1. The minimum atomic E-state index is -0.0543. The smallest absolute Gasteiger partial charge is 0.251 e. The van der Waals surface area contributed by atoms with Gasteiger partial charge in [0.15, 0.2) is 0 Å². The van der Waals surface area contributed by atoms with Crippen molar-refractivity contribution >= 4 is 5.91 Å². The van der Waals surface area contributed by atoms with Gasteiger partial charge in [0.05, 0.1) is 18.6 Å². The van der Waals surface area contributed by atoms with Crippen molar-refractivity contribution < 1.29 is 4.79 Å². The average molecular weight is 258 g/mol. The van der Waals surface area contributed by atoms with Crippen molar-refractivity contribution in [2.75, 3.05) is 13.6 Å². The Morgan fingerprint density at radius 1 is 1.37 bits per heavy atom. The molecular formula is C14H18N4O. The molecule has 0 aliphatic carbocycles. The molecule has 0 spiro atoms. The van der Waals surface area contributed by atoms with E-state index in [1.54, 1.807) is 12.5 Å². The van der Waals surface area contributed by atoms with Crippen molar-refractivity contribution in [1.29, 1.82) is 0 Å². The number of imidazole rings is 1. The Kier molecular flexibility index (Phi) is 4.69. The van der Waals surface area contributed by atoms with Crippen LogP contribution in [0.2, 0.25) is 0 Å². The highest BCUT2D eigenvalue weighted by Crippen LogP contribution is 2.09. The molecule has 0 unspecified atom stereocenters. The van der Waals surface area contributed by atoms with Gasteiger partial charge in [-0.05, 0) is 31.6 Å². The first-order chi connectivity index (χ1) is 9.31. The fourth-order valence-electron chi connectivity index (χ4n) is 1.87. The number of amides is 1. The molecule has 1 heterocycles. The van der Waals surface area contributed by atoms with Gasteiger partial charge in [0, 0.05) is 11.8 Å². The van der Waals surface area contributed by atoms with E-state index in [2.05, 4.69) is 20.6 Å². The molecule has 5 nitrogen and oxygen atoms in total. The first kappa shape index (κ1) is 13.3. The predicted octanol–water partition coefficient (Wildman–Crippen LogP) is 1.10. The highest BCUT2D eigenvalue weighted by atomic mass is 16.1. The van der Waals surface area contributed by atoms with Gasteiger partial charge in [0.2, 0.25) is 0 Å². The number of H-pyrrole nitrogens is 1. The molecule has 2 rings (SSSR count). The zero-order chi connectivity index (χ0) is 13.5. The molecule has 0 fully saturated rings. The summed E-state index contributed by atoms with van der Waals surface area (Å²) in [7, 11) is 1.90. The molecule has 5 heteroatoms. The number of nitrogens with zero attached hydrogens (tertiary/aromatic N) is 1. The summed E-state index contributed by atoms with van der Waals surface area (Å²) in [5.74, 6) is -0.0543. The van der Waals surface area contributed by atoms with Crippen molar-refractivity contribution in [3.05, 3.63) is 53.6 Å². The van der Waals surface area contributed by atoms with Gasteiger partial charge in [-0.1, -0.05) is 18.2 Å². The molecule has 0 aliphatic rings. The third-order valence-corrected chi connectivity index (χ3v) is 2.90. The summed E-state index contributed by atoms with van der Waals surface area (Å²) in [6, 6.07) is 7.68. The van der Waals surface area contributed by atoms with E-state index in [9.17, 15) is 4.79 Å². The van der Waals surface area contributed by atoms with E-state index in [0.717, 1.165) is 29.8 Å². The summed E-state index contributed by atoms with van der Waals surface area (Å²) >= 11 is 0. The number of benzene rings is 1. The van der Waals surface area contributed by atoms with Crippen LogP contribution in [-0.4, -0.2) is 29.5 Å². The van der Waals surface area contributed by atoms with Crippen LogP contribution in [0, 0.1) is 0 Å². The molecule has 0 saturated heterocycles. The summed E-state index contributed by atoms with van der Waals surface area (Å²) in [4.78, 5) is 19.0. The first-order valence-electron chi connectivity index (χ1n) is 6.29. The Morgan fingerprint density at radius 3 is 2.95 bits per heavy atom. The van der Waals surface area contributed by atoms with E-state index in [4.69, 9.17) is 0 Å². The summed E-state index contributed by atoms with van der Waals surface area (Å²) in [5.41, 5.74) is 2.68. The van der Waals surface area contributed by atoms with Crippen molar-refractivity contribution in [2.24, 2.45) is 0 Å². The molecule has 1 aromatic heterocycles. The second-order valence-corrected chi connectivity index (χ2v) is 4.27. The normalized spacial score (nSPS) is 10.4. The van der Waals surface area contributed by atoms with Gasteiger partial charge < -0.3 is 15.6 Å². The largest absolute Gasteiger partial charge is 0.347 e. The third kappa shape index (κ3) is 3.66. The number of carbonyl (C=O) groups is 1. The summed E-state index contributed by atoms with van der Waals surface area (Å²) < 4.78 is 0. The minimum absolute atomic E-state index is 0.0543. The lowest BCUT2D eigenvalue weighted by molar-refractivity contribution is 0.0949. The Bertz CT molecular complexity index is 522. The van der Waals surface area contributed by atoms with Crippen molar-refractivity contribution in [3.8, 4) is 0 Å². The van der Waals surface area contributed by atoms with Gasteiger partial charge in [0.1, 0.15) is 0 Å². The van der Waals surface area contributed by atoms with E-state index in [0.29, 0.717) is 6.54 Å². The first-order valence-corrected chi connectivity index (χ1v) is 6.29.